The van der Waals surface area contributed by atoms with Crippen molar-refractivity contribution in [3.8, 4) is 0 Å². The summed E-state index contributed by atoms with van der Waals surface area (Å²) >= 11 is 0. The number of benzene rings is 1. The molecular weight excluding hydrogens is 353 g/mol. The number of carbonyl (C=O) groups excluding carboxylic acids is 1. The van der Waals surface area contributed by atoms with Gasteiger partial charge in [0.25, 0.3) is 5.91 Å². The molecule has 0 heterocycles. The normalized spacial score (nSPS) is 12.9. The molecule has 0 saturated carbocycles. The predicted octanol–water partition coefficient (Wildman–Crippen LogP) is 6.20. The molecule has 0 bridgehead atoms. The summed E-state index contributed by atoms with van der Waals surface area (Å²) in [4.78, 5) is 13.9. The van der Waals surface area contributed by atoms with Crippen LogP contribution in [0.3, 0.4) is 0 Å². The van der Waals surface area contributed by atoms with Crippen molar-refractivity contribution in [3.63, 3.8) is 0 Å². The monoisotopic (exact) mass is 386 g/mol. The van der Waals surface area contributed by atoms with Crippen molar-refractivity contribution in [1.29, 1.82) is 0 Å². The zero-order valence-corrected chi connectivity index (χ0v) is 17.4. The van der Waals surface area contributed by atoms with E-state index in [2.05, 4.69) is 26.1 Å². The molecule has 0 aliphatic carbocycles. The minimum absolute atomic E-state index is 0.195. The molecular formula is C21H33F3N2O. The highest BCUT2D eigenvalue weighted by molar-refractivity contribution is 6.04. The molecule has 1 N–H and O–H groups in total. The Morgan fingerprint density at radius 3 is 2.19 bits per heavy atom. The van der Waals surface area contributed by atoms with Gasteiger partial charge in [-0.3, -0.25) is 4.79 Å². The first-order valence-electron chi connectivity index (χ1n) is 9.33. The number of para-hydroxylation sites is 1. The van der Waals surface area contributed by atoms with Crippen LogP contribution in [0.15, 0.2) is 36.0 Å². The molecule has 1 aromatic rings. The van der Waals surface area contributed by atoms with Gasteiger partial charge < -0.3 is 10.2 Å². The van der Waals surface area contributed by atoms with Crippen molar-refractivity contribution in [2.24, 2.45) is 5.92 Å². The van der Waals surface area contributed by atoms with E-state index in [9.17, 15) is 18.0 Å². The van der Waals surface area contributed by atoms with Crippen molar-refractivity contribution in [2.75, 3.05) is 19.4 Å². The molecule has 1 atom stereocenters. The number of alkyl halides is 3. The Labute approximate surface area is 161 Å². The third-order valence-corrected chi connectivity index (χ3v) is 3.66. The van der Waals surface area contributed by atoms with Crippen molar-refractivity contribution < 1.29 is 18.0 Å². The van der Waals surface area contributed by atoms with Gasteiger partial charge in [0, 0.05) is 31.6 Å². The zero-order chi connectivity index (χ0) is 21.2. The average Bonchev–Trinajstić information content (AvgIpc) is 2.54. The van der Waals surface area contributed by atoms with Gasteiger partial charge >= 0.3 is 6.18 Å². The fourth-order valence-electron chi connectivity index (χ4n) is 2.79. The molecule has 1 aromatic carbocycles. The van der Waals surface area contributed by atoms with Gasteiger partial charge in [-0.2, -0.15) is 13.2 Å². The first kappa shape index (κ1) is 25.0. The van der Waals surface area contributed by atoms with Crippen molar-refractivity contribution in [1.82, 2.24) is 4.90 Å². The lowest BCUT2D eigenvalue weighted by Gasteiger charge is -2.20. The first-order chi connectivity index (χ1) is 12.5. The Morgan fingerprint density at radius 2 is 1.70 bits per heavy atom. The van der Waals surface area contributed by atoms with Gasteiger partial charge in [-0.05, 0) is 29.9 Å². The van der Waals surface area contributed by atoms with Gasteiger partial charge in [0.05, 0.1) is 6.42 Å². The third-order valence-electron chi connectivity index (χ3n) is 3.66. The highest BCUT2D eigenvalue weighted by Crippen LogP contribution is 2.30. The maximum Gasteiger partial charge on any atom is 0.393 e. The Bertz CT molecular complexity index is 608. The maximum absolute atomic E-state index is 12.8. The van der Waals surface area contributed by atoms with E-state index in [0.29, 0.717) is 11.6 Å². The fourth-order valence-corrected chi connectivity index (χ4v) is 2.79. The third kappa shape index (κ3) is 10.1. The smallest absolute Gasteiger partial charge is 0.383 e. The average molecular weight is 387 g/mol. The van der Waals surface area contributed by atoms with Gasteiger partial charge in [0.2, 0.25) is 0 Å². The second kappa shape index (κ2) is 11.7. The van der Waals surface area contributed by atoms with E-state index in [4.69, 9.17) is 0 Å². The minimum atomic E-state index is -4.44. The van der Waals surface area contributed by atoms with Gasteiger partial charge in [-0.1, -0.05) is 52.8 Å². The standard InChI is InChI=1S/C19H27F3N2O.C2H6/c1-13(2)10-14(3)16-8-6-7-9-17(16)23-18(25)15(12-24(4)5)11-19(20,21)22;1-2/h6-9,12-14H,10-11H2,1-5H3,(H,23,25);1-2H3/b15-12+;. The number of hydrogen-bond acceptors (Lipinski definition) is 2. The largest absolute Gasteiger partial charge is 0.393 e. The molecule has 0 fully saturated rings. The van der Waals surface area contributed by atoms with Crippen LogP contribution in [0.5, 0.6) is 0 Å². The fraction of sp³-hybridized carbons (Fsp3) is 0.571. The minimum Gasteiger partial charge on any atom is -0.383 e. The van der Waals surface area contributed by atoms with E-state index in [1.165, 1.54) is 11.1 Å². The molecule has 27 heavy (non-hydrogen) atoms. The van der Waals surface area contributed by atoms with E-state index < -0.39 is 18.5 Å². The molecule has 0 radical (unpaired) electrons. The van der Waals surface area contributed by atoms with Crippen LogP contribution in [0.25, 0.3) is 0 Å². The topological polar surface area (TPSA) is 32.3 Å². The lowest BCUT2D eigenvalue weighted by atomic mass is 9.91. The molecule has 0 saturated heterocycles. The molecule has 1 rings (SSSR count). The second-order valence-electron chi connectivity index (χ2n) is 6.98. The summed E-state index contributed by atoms with van der Waals surface area (Å²) in [6.07, 6.45) is -3.57. The number of nitrogens with zero attached hydrogens (tertiary/aromatic N) is 1. The summed E-state index contributed by atoms with van der Waals surface area (Å²) in [5.74, 6) is -0.0520. The number of halogens is 3. The SMILES string of the molecule is CC.CC(C)CC(C)c1ccccc1NC(=O)/C(=C/N(C)C)CC(F)(F)F. The molecule has 1 amide bonds. The van der Waals surface area contributed by atoms with E-state index in [1.807, 2.05) is 26.0 Å². The molecule has 6 heteroatoms. The summed E-state index contributed by atoms with van der Waals surface area (Å²) < 4.78 is 38.3. The maximum atomic E-state index is 12.8. The second-order valence-corrected chi connectivity index (χ2v) is 6.98. The van der Waals surface area contributed by atoms with Crippen molar-refractivity contribution >= 4 is 11.6 Å². The lowest BCUT2D eigenvalue weighted by molar-refractivity contribution is -0.132. The highest BCUT2D eigenvalue weighted by atomic mass is 19.4. The molecule has 1 unspecified atom stereocenters. The van der Waals surface area contributed by atoms with Crippen LogP contribution in [0, 0.1) is 5.92 Å². The Hall–Kier alpha value is -1.98. The van der Waals surface area contributed by atoms with Crippen LogP contribution in [0.1, 0.15) is 58.9 Å². The van der Waals surface area contributed by atoms with Gasteiger partial charge in [0.15, 0.2) is 0 Å². The molecule has 0 aromatic heterocycles. The Balaban J connectivity index is 0.00000326. The number of amides is 1. The van der Waals surface area contributed by atoms with Crippen LogP contribution >= 0.6 is 0 Å². The molecule has 0 spiro atoms. The molecule has 0 aliphatic heterocycles. The van der Waals surface area contributed by atoms with Gasteiger partial charge in [-0.15, -0.1) is 0 Å². The number of hydrogen-bond donors (Lipinski definition) is 1. The molecule has 3 nitrogen and oxygen atoms in total. The highest BCUT2D eigenvalue weighted by Gasteiger charge is 2.32. The zero-order valence-electron chi connectivity index (χ0n) is 17.4. The summed E-state index contributed by atoms with van der Waals surface area (Å²) in [5.41, 5.74) is 1.18. The van der Waals surface area contributed by atoms with Crippen LogP contribution in [-0.4, -0.2) is 31.1 Å². The number of anilines is 1. The Kier molecular flexibility index (Phi) is 10.8. The van der Waals surface area contributed by atoms with Crippen molar-refractivity contribution in [2.45, 2.75) is 59.6 Å². The predicted molar refractivity (Wildman–Crippen MR) is 107 cm³/mol. The number of carbonyl (C=O) groups is 1. The first-order valence-corrected chi connectivity index (χ1v) is 9.33. The van der Waals surface area contributed by atoms with Gasteiger partial charge in [0.1, 0.15) is 0 Å². The van der Waals surface area contributed by atoms with Crippen LogP contribution < -0.4 is 5.32 Å². The van der Waals surface area contributed by atoms with Crippen LogP contribution in [0.4, 0.5) is 18.9 Å². The molecule has 154 valence electrons. The summed E-state index contributed by atoms with van der Waals surface area (Å²) in [6.45, 7) is 10.3. The van der Waals surface area contributed by atoms with Crippen LogP contribution in [-0.2, 0) is 4.79 Å². The van der Waals surface area contributed by atoms with E-state index >= 15 is 0 Å². The Morgan fingerprint density at radius 1 is 1.15 bits per heavy atom. The summed E-state index contributed by atoms with van der Waals surface area (Å²) in [7, 11) is 3.17. The van der Waals surface area contributed by atoms with Gasteiger partial charge in [-0.25, -0.2) is 0 Å². The number of rotatable bonds is 7. The molecule has 0 aliphatic rings. The van der Waals surface area contributed by atoms with Crippen molar-refractivity contribution in [3.05, 3.63) is 41.6 Å². The summed E-state index contributed by atoms with van der Waals surface area (Å²) in [6, 6.07) is 7.26. The lowest BCUT2D eigenvalue weighted by Crippen LogP contribution is -2.22. The number of nitrogens with one attached hydrogen (secondary N) is 1. The van der Waals surface area contributed by atoms with Crippen LogP contribution in [0.2, 0.25) is 0 Å². The van der Waals surface area contributed by atoms with E-state index in [1.54, 1.807) is 26.2 Å². The van der Waals surface area contributed by atoms with E-state index in [-0.39, 0.29) is 11.5 Å². The summed E-state index contributed by atoms with van der Waals surface area (Å²) in [5, 5.41) is 2.66. The quantitative estimate of drug-likeness (QED) is 0.566. The van der Waals surface area contributed by atoms with E-state index in [0.717, 1.165) is 12.0 Å².